The molecule has 2 aliphatic carbocycles. The zero-order valence-corrected chi connectivity index (χ0v) is 38.2. The molecule has 18 nitrogen and oxygen atoms in total. The lowest BCUT2D eigenvalue weighted by molar-refractivity contribution is 0.396. The van der Waals surface area contributed by atoms with E-state index < -0.39 is 20.2 Å². The highest BCUT2D eigenvalue weighted by Crippen LogP contribution is 2.31. The third-order valence-corrected chi connectivity index (χ3v) is 13.8. The van der Waals surface area contributed by atoms with Crippen molar-refractivity contribution in [1.82, 2.24) is 29.9 Å². The summed E-state index contributed by atoms with van der Waals surface area (Å²) in [4.78, 5) is 27.3. The minimum atomic E-state index is -4.30. The van der Waals surface area contributed by atoms with Crippen LogP contribution in [0.25, 0.3) is 12.2 Å². The van der Waals surface area contributed by atoms with Crippen molar-refractivity contribution >= 4 is 90.8 Å². The van der Waals surface area contributed by atoms with Gasteiger partial charge < -0.3 is 31.9 Å². The molecule has 6 N–H and O–H groups in total. The van der Waals surface area contributed by atoms with Crippen molar-refractivity contribution in [3.05, 3.63) is 108 Å². The van der Waals surface area contributed by atoms with Crippen molar-refractivity contribution in [2.75, 3.05) is 46.1 Å². The van der Waals surface area contributed by atoms with Crippen molar-refractivity contribution in [2.24, 2.45) is 0 Å². The molecule has 2 heterocycles. The molecule has 8 rings (SSSR count). The van der Waals surface area contributed by atoms with Gasteiger partial charge in [0.05, 0.1) is 14.2 Å². The van der Waals surface area contributed by atoms with Gasteiger partial charge in [0.1, 0.15) is 9.79 Å². The van der Waals surface area contributed by atoms with Crippen molar-refractivity contribution < 1.29 is 25.2 Å². The molecule has 2 aliphatic rings. The summed E-state index contributed by atoms with van der Waals surface area (Å²) in [6.07, 6.45) is 13.8. The molecule has 2 saturated carbocycles. The highest BCUT2D eigenvalue weighted by molar-refractivity contribution is 7.87. The van der Waals surface area contributed by atoms with E-state index in [2.05, 4.69) is 61.8 Å². The van der Waals surface area contributed by atoms with E-state index >= 15 is 0 Å². The number of hydrogen-bond donors (Lipinski definition) is 6. The van der Waals surface area contributed by atoms with Gasteiger partial charge in [-0.2, -0.15) is 46.7 Å². The van der Waals surface area contributed by atoms with E-state index in [1.54, 1.807) is 24.3 Å². The number of nitrogens with zero attached hydrogens (tertiary/aromatic N) is 6. The van der Waals surface area contributed by atoms with E-state index in [1.807, 2.05) is 60.7 Å². The van der Waals surface area contributed by atoms with Crippen molar-refractivity contribution in [2.45, 2.75) is 86.1 Å². The van der Waals surface area contributed by atoms with Crippen LogP contribution in [0, 0.1) is 0 Å². The third-order valence-electron chi connectivity index (χ3n) is 11.2. The average Bonchev–Trinajstić information content (AvgIpc) is 3.32. The average molecular weight is 933 g/mol. The van der Waals surface area contributed by atoms with Crippen LogP contribution in [-0.4, -0.2) is 73.0 Å². The monoisotopic (exact) mass is 932 g/mol. The zero-order valence-electron chi connectivity index (χ0n) is 36.6. The molecular formula is C46H52N12O6S2. The summed E-state index contributed by atoms with van der Waals surface area (Å²) in [7, 11) is -6.46. The molecule has 0 bridgehead atoms. The summed E-state index contributed by atoms with van der Waals surface area (Å²) < 4.78 is 63.7. The Bertz CT molecular complexity index is 2670. The lowest BCUT2D eigenvalue weighted by Crippen LogP contribution is -2.24. The second kappa shape index (κ2) is 21.0. The molecule has 0 atom stereocenters. The topological polar surface area (TPSA) is 236 Å². The van der Waals surface area contributed by atoms with Crippen LogP contribution in [0.15, 0.2) is 107 Å². The van der Waals surface area contributed by atoms with E-state index in [4.69, 9.17) is 8.37 Å². The quantitative estimate of drug-likeness (QED) is 0.0348. The maximum Gasteiger partial charge on any atom is 0.297 e. The van der Waals surface area contributed by atoms with Crippen molar-refractivity contribution in [1.29, 1.82) is 0 Å². The Hall–Kier alpha value is -6.74. The Kier molecular flexibility index (Phi) is 14.6. The highest BCUT2D eigenvalue weighted by atomic mass is 32.2. The zero-order chi connectivity index (χ0) is 45.9. The van der Waals surface area contributed by atoms with Crippen LogP contribution < -0.4 is 31.9 Å². The lowest BCUT2D eigenvalue weighted by atomic mass is 9.96. The Morgan fingerprint density at radius 1 is 0.439 bits per heavy atom. The van der Waals surface area contributed by atoms with E-state index in [0.29, 0.717) is 35.2 Å². The highest BCUT2D eigenvalue weighted by Gasteiger charge is 2.23. The Labute approximate surface area is 384 Å². The first-order valence-corrected chi connectivity index (χ1v) is 24.6. The van der Waals surface area contributed by atoms with Gasteiger partial charge in [0, 0.05) is 34.8 Å². The molecule has 0 amide bonds. The Balaban J connectivity index is 1.07. The number of aromatic nitrogens is 6. The van der Waals surface area contributed by atoms with Crippen molar-refractivity contribution in [3.8, 4) is 0 Å². The number of rotatable bonds is 18. The predicted molar refractivity (Wildman–Crippen MR) is 257 cm³/mol. The van der Waals surface area contributed by atoms with Crippen LogP contribution in [0.2, 0.25) is 0 Å². The van der Waals surface area contributed by atoms with Gasteiger partial charge in [-0.1, -0.05) is 99.2 Å². The first kappa shape index (κ1) is 45.8. The molecule has 66 heavy (non-hydrogen) atoms. The third kappa shape index (κ3) is 12.1. The minimum absolute atomic E-state index is 0.173. The number of benzene rings is 4. The van der Waals surface area contributed by atoms with Crippen LogP contribution in [0.5, 0.6) is 0 Å². The van der Waals surface area contributed by atoms with E-state index in [0.717, 1.165) is 77.0 Å². The first-order valence-electron chi connectivity index (χ1n) is 21.8. The SMILES string of the molecule is COS(=O)(=O)c1cc(Nc2nc(Nc3ccccc3)nc(NC3CCCCC3)n2)ccc1C=Cc1ccc(Nc2nc(Nc3ccccc3)nc(NC3CCCCC3)n2)cc1S(=O)(=O)OC. The molecule has 344 valence electrons. The Morgan fingerprint density at radius 2 is 0.773 bits per heavy atom. The smallest absolute Gasteiger partial charge is 0.297 e. The summed E-state index contributed by atoms with van der Waals surface area (Å²) in [5, 5.41) is 19.6. The van der Waals surface area contributed by atoms with Gasteiger partial charge in [-0.15, -0.1) is 0 Å². The second-order valence-electron chi connectivity index (χ2n) is 15.9. The van der Waals surface area contributed by atoms with Gasteiger partial charge in [0.15, 0.2) is 0 Å². The molecule has 2 aromatic heterocycles. The number of para-hydroxylation sites is 2. The molecule has 6 aromatic rings. The van der Waals surface area contributed by atoms with E-state index in [9.17, 15) is 16.8 Å². The fraction of sp³-hybridized carbons (Fsp3) is 0.304. The lowest BCUT2D eigenvalue weighted by Gasteiger charge is -2.23. The fourth-order valence-corrected chi connectivity index (χ4v) is 9.57. The van der Waals surface area contributed by atoms with Crippen LogP contribution in [0.3, 0.4) is 0 Å². The number of nitrogens with one attached hydrogen (secondary N) is 6. The molecule has 2 fully saturated rings. The number of anilines is 10. The molecule has 0 saturated heterocycles. The minimum Gasteiger partial charge on any atom is -0.351 e. The van der Waals surface area contributed by atoms with Gasteiger partial charge in [-0.25, -0.2) is 0 Å². The molecule has 0 aliphatic heterocycles. The van der Waals surface area contributed by atoms with Gasteiger partial charge in [-0.05, 0) is 85.3 Å². The molecule has 0 unspecified atom stereocenters. The molecule has 20 heteroatoms. The molecule has 0 radical (unpaired) electrons. The predicted octanol–water partition coefficient (Wildman–Crippen LogP) is 9.36. The Morgan fingerprint density at radius 3 is 1.12 bits per heavy atom. The largest absolute Gasteiger partial charge is 0.351 e. The molecule has 0 spiro atoms. The summed E-state index contributed by atoms with van der Waals surface area (Å²) in [6.45, 7) is 0. The van der Waals surface area contributed by atoms with Gasteiger partial charge in [-0.3, -0.25) is 8.37 Å². The van der Waals surface area contributed by atoms with E-state index in [-0.39, 0.29) is 44.9 Å². The maximum absolute atomic E-state index is 13.4. The van der Waals surface area contributed by atoms with E-state index in [1.165, 1.54) is 37.1 Å². The van der Waals surface area contributed by atoms with Crippen molar-refractivity contribution in [3.63, 3.8) is 0 Å². The summed E-state index contributed by atoms with van der Waals surface area (Å²) in [5.41, 5.74) is 2.68. The standard InChI is InChI=1S/C46H52N12O6S2/c1-63-65(59,60)39-29-37(51-45-55-41(47-33-15-7-3-8-16-33)53-42(56-45)48-34-17-9-4-10-18-34)27-25-31(39)23-24-32-26-28-38(30-40(32)66(61,62)64-2)52-46-57-43(49-35-19-11-5-12-20-35)54-44(58-46)50-36-21-13-6-14-22-36/h3,5,7-8,11-12,15-16,19-20,23-30,34,36H,4,6,9-10,13-14,17-18,21-22H2,1-2H3,(H3,47,48,51,53,55,56)(H3,49,50,52,54,57,58). The van der Waals surface area contributed by atoms with Gasteiger partial charge in [0.2, 0.25) is 35.7 Å². The first-order chi connectivity index (χ1) is 32.0. The fourth-order valence-electron chi connectivity index (χ4n) is 7.81. The van der Waals surface area contributed by atoms with Gasteiger partial charge >= 0.3 is 0 Å². The van der Waals surface area contributed by atoms with Crippen LogP contribution >= 0.6 is 0 Å². The second-order valence-corrected chi connectivity index (χ2v) is 19.2. The normalized spacial score (nSPS) is 15.0. The number of hydrogen-bond acceptors (Lipinski definition) is 18. The summed E-state index contributed by atoms with van der Waals surface area (Å²) in [6, 6.07) is 28.6. The van der Waals surface area contributed by atoms with Gasteiger partial charge in [0.25, 0.3) is 20.2 Å². The van der Waals surface area contributed by atoms with Crippen LogP contribution in [-0.2, 0) is 28.6 Å². The molecular weight excluding hydrogens is 881 g/mol. The summed E-state index contributed by atoms with van der Waals surface area (Å²) in [5.74, 6) is 1.68. The molecule has 4 aromatic carbocycles. The van der Waals surface area contributed by atoms with Crippen LogP contribution in [0.4, 0.5) is 58.4 Å². The maximum atomic E-state index is 13.4. The summed E-state index contributed by atoms with van der Waals surface area (Å²) >= 11 is 0. The van der Waals surface area contributed by atoms with Crippen LogP contribution in [0.1, 0.15) is 75.3 Å².